The van der Waals surface area contributed by atoms with Crippen LogP contribution in [0.1, 0.15) is 26.7 Å². The number of rotatable bonds is 4. The first-order valence-electron chi connectivity index (χ1n) is 4.71. The molecule has 1 unspecified atom stereocenters. The van der Waals surface area contributed by atoms with Gasteiger partial charge >= 0.3 is 0 Å². The van der Waals surface area contributed by atoms with E-state index in [1.54, 1.807) is 6.20 Å². The number of hydrogen-bond donors (Lipinski definition) is 1. The fourth-order valence-electron chi connectivity index (χ4n) is 1.26. The van der Waals surface area contributed by atoms with E-state index in [-0.39, 0.29) is 11.9 Å². The molecule has 4 heteroatoms. The zero-order chi connectivity index (χ0) is 10.6. The van der Waals surface area contributed by atoms with E-state index in [1.165, 1.54) is 6.07 Å². The lowest BCUT2D eigenvalue weighted by Gasteiger charge is -2.13. The van der Waals surface area contributed by atoms with E-state index in [4.69, 9.17) is 0 Å². The number of nitrogens with one attached hydrogen (secondary N) is 1. The molecule has 0 amide bonds. The molecular formula is C10H14BrFN2. The molecule has 0 aromatic carbocycles. The van der Waals surface area contributed by atoms with Crippen LogP contribution in [0.25, 0.3) is 0 Å². The molecule has 1 N–H and O–H groups in total. The predicted molar refractivity (Wildman–Crippen MR) is 59.9 cm³/mol. The standard InChI is InChI=1S/C10H14BrFN2/c1-3-4-7(2)14-10-9(12)5-8(11)6-13-10/h5-7H,3-4H2,1-2H3,(H,13,14). The molecule has 1 heterocycles. The van der Waals surface area contributed by atoms with Gasteiger partial charge in [-0.15, -0.1) is 0 Å². The summed E-state index contributed by atoms with van der Waals surface area (Å²) in [5.41, 5.74) is 0. The van der Waals surface area contributed by atoms with Crippen molar-refractivity contribution < 1.29 is 4.39 Å². The molecule has 1 rings (SSSR count). The Kier molecular flexibility index (Phi) is 4.32. The average Bonchev–Trinajstić information content (AvgIpc) is 2.10. The van der Waals surface area contributed by atoms with Crippen molar-refractivity contribution in [1.82, 2.24) is 4.98 Å². The number of halogens is 2. The number of anilines is 1. The maximum Gasteiger partial charge on any atom is 0.166 e. The SMILES string of the molecule is CCCC(C)Nc1ncc(Br)cc1F. The zero-order valence-corrected chi connectivity index (χ0v) is 9.94. The van der Waals surface area contributed by atoms with Crippen molar-refractivity contribution >= 4 is 21.7 Å². The summed E-state index contributed by atoms with van der Waals surface area (Å²) in [6, 6.07) is 1.66. The van der Waals surface area contributed by atoms with Crippen LogP contribution < -0.4 is 5.32 Å². The molecular weight excluding hydrogens is 247 g/mol. The van der Waals surface area contributed by atoms with E-state index in [2.05, 4.69) is 33.2 Å². The van der Waals surface area contributed by atoms with Gasteiger partial charge in [0.2, 0.25) is 0 Å². The first-order chi connectivity index (χ1) is 6.63. The normalized spacial score (nSPS) is 12.6. The average molecular weight is 261 g/mol. The molecule has 14 heavy (non-hydrogen) atoms. The Morgan fingerprint density at radius 1 is 1.64 bits per heavy atom. The molecule has 0 saturated carbocycles. The first-order valence-corrected chi connectivity index (χ1v) is 5.50. The Balaban J connectivity index is 2.67. The summed E-state index contributed by atoms with van der Waals surface area (Å²) in [7, 11) is 0. The lowest BCUT2D eigenvalue weighted by atomic mass is 10.2. The highest BCUT2D eigenvalue weighted by Crippen LogP contribution is 2.17. The van der Waals surface area contributed by atoms with Crippen LogP contribution in [0.2, 0.25) is 0 Å². The van der Waals surface area contributed by atoms with Crippen molar-refractivity contribution in [2.24, 2.45) is 0 Å². The van der Waals surface area contributed by atoms with Crippen LogP contribution in [0.3, 0.4) is 0 Å². The fourth-order valence-corrected chi connectivity index (χ4v) is 1.56. The lowest BCUT2D eigenvalue weighted by molar-refractivity contribution is 0.612. The third-order valence-corrected chi connectivity index (χ3v) is 2.35. The van der Waals surface area contributed by atoms with Crippen molar-refractivity contribution in [3.63, 3.8) is 0 Å². The summed E-state index contributed by atoms with van der Waals surface area (Å²) in [5, 5.41) is 3.03. The molecule has 0 aliphatic heterocycles. The second-order valence-corrected chi connectivity index (χ2v) is 4.23. The van der Waals surface area contributed by atoms with Crippen molar-refractivity contribution in [2.45, 2.75) is 32.7 Å². The van der Waals surface area contributed by atoms with Gasteiger partial charge in [0.1, 0.15) is 0 Å². The smallest absolute Gasteiger partial charge is 0.166 e. The third kappa shape index (κ3) is 3.25. The van der Waals surface area contributed by atoms with Crippen LogP contribution >= 0.6 is 15.9 Å². The van der Waals surface area contributed by atoms with Gasteiger partial charge in [-0.3, -0.25) is 0 Å². The van der Waals surface area contributed by atoms with Gasteiger partial charge in [-0.25, -0.2) is 9.37 Å². The number of hydrogen-bond acceptors (Lipinski definition) is 2. The van der Waals surface area contributed by atoms with Crippen LogP contribution in [0, 0.1) is 5.82 Å². The van der Waals surface area contributed by atoms with Crippen LogP contribution in [0.4, 0.5) is 10.2 Å². The van der Waals surface area contributed by atoms with Crippen LogP contribution in [-0.2, 0) is 0 Å². The largest absolute Gasteiger partial charge is 0.365 e. The van der Waals surface area contributed by atoms with Gasteiger partial charge in [0, 0.05) is 16.7 Å². The third-order valence-electron chi connectivity index (χ3n) is 1.91. The van der Waals surface area contributed by atoms with Crippen LogP contribution in [0.5, 0.6) is 0 Å². The number of aromatic nitrogens is 1. The van der Waals surface area contributed by atoms with Crippen molar-refractivity contribution in [3.8, 4) is 0 Å². The molecule has 1 aromatic heterocycles. The second kappa shape index (κ2) is 5.29. The van der Waals surface area contributed by atoms with Gasteiger partial charge in [0.15, 0.2) is 11.6 Å². The van der Waals surface area contributed by atoms with Crippen molar-refractivity contribution in [1.29, 1.82) is 0 Å². The molecule has 2 nitrogen and oxygen atoms in total. The van der Waals surface area contributed by atoms with E-state index >= 15 is 0 Å². The minimum absolute atomic E-state index is 0.253. The maximum atomic E-state index is 13.3. The van der Waals surface area contributed by atoms with Gasteiger partial charge < -0.3 is 5.32 Å². The highest BCUT2D eigenvalue weighted by atomic mass is 79.9. The molecule has 0 fully saturated rings. The summed E-state index contributed by atoms with van der Waals surface area (Å²) in [6.45, 7) is 4.12. The zero-order valence-electron chi connectivity index (χ0n) is 8.35. The van der Waals surface area contributed by atoms with Crippen LogP contribution in [-0.4, -0.2) is 11.0 Å². The molecule has 0 spiro atoms. The van der Waals surface area contributed by atoms with E-state index < -0.39 is 0 Å². The molecule has 0 saturated heterocycles. The Morgan fingerprint density at radius 3 is 2.93 bits per heavy atom. The molecule has 0 aliphatic rings. The van der Waals surface area contributed by atoms with Gasteiger partial charge in [-0.1, -0.05) is 13.3 Å². The quantitative estimate of drug-likeness (QED) is 0.895. The minimum atomic E-state index is -0.317. The topological polar surface area (TPSA) is 24.9 Å². The molecule has 78 valence electrons. The molecule has 0 aliphatic carbocycles. The molecule has 0 radical (unpaired) electrons. The summed E-state index contributed by atoms with van der Waals surface area (Å²) in [4.78, 5) is 3.97. The molecule has 0 bridgehead atoms. The van der Waals surface area contributed by atoms with Gasteiger partial charge in [-0.05, 0) is 35.3 Å². The van der Waals surface area contributed by atoms with Crippen molar-refractivity contribution in [2.75, 3.05) is 5.32 Å². The number of nitrogens with zero attached hydrogens (tertiary/aromatic N) is 1. The fraction of sp³-hybridized carbons (Fsp3) is 0.500. The highest BCUT2D eigenvalue weighted by Gasteiger charge is 2.07. The highest BCUT2D eigenvalue weighted by molar-refractivity contribution is 9.10. The summed E-state index contributed by atoms with van der Waals surface area (Å²) < 4.78 is 14.0. The van der Waals surface area contributed by atoms with E-state index in [9.17, 15) is 4.39 Å². The monoisotopic (exact) mass is 260 g/mol. The van der Waals surface area contributed by atoms with Crippen LogP contribution in [0.15, 0.2) is 16.7 Å². The molecule has 1 atom stereocenters. The Labute approximate surface area is 92.1 Å². The summed E-state index contributed by atoms with van der Waals surface area (Å²) >= 11 is 3.16. The Bertz CT molecular complexity index is 304. The molecule has 1 aromatic rings. The summed E-state index contributed by atoms with van der Waals surface area (Å²) in [5.74, 6) is 0.0106. The van der Waals surface area contributed by atoms with Gasteiger partial charge in [-0.2, -0.15) is 0 Å². The van der Waals surface area contributed by atoms with Gasteiger partial charge in [0.05, 0.1) is 0 Å². The number of pyridine rings is 1. The van der Waals surface area contributed by atoms with Gasteiger partial charge in [0.25, 0.3) is 0 Å². The Morgan fingerprint density at radius 2 is 2.36 bits per heavy atom. The van der Waals surface area contributed by atoms with E-state index in [1.807, 2.05) is 6.92 Å². The predicted octanol–water partition coefficient (Wildman–Crippen LogP) is 3.58. The Hall–Kier alpha value is -0.640. The van der Waals surface area contributed by atoms with Crippen molar-refractivity contribution in [3.05, 3.63) is 22.6 Å². The van der Waals surface area contributed by atoms with E-state index in [0.717, 1.165) is 12.8 Å². The lowest BCUT2D eigenvalue weighted by Crippen LogP contribution is -2.16. The second-order valence-electron chi connectivity index (χ2n) is 3.32. The van der Waals surface area contributed by atoms with E-state index in [0.29, 0.717) is 10.3 Å². The maximum absolute atomic E-state index is 13.3. The minimum Gasteiger partial charge on any atom is -0.365 e. The summed E-state index contributed by atoms with van der Waals surface area (Å²) in [6.07, 6.45) is 3.67. The first kappa shape index (κ1) is 11.4.